The quantitative estimate of drug-likeness (QED) is 0.667. The van der Waals surface area contributed by atoms with Crippen LogP contribution in [0.25, 0.3) is 5.70 Å². The summed E-state index contributed by atoms with van der Waals surface area (Å²) in [5, 5.41) is 6.35. The lowest BCUT2D eigenvalue weighted by molar-refractivity contribution is -0.113. The van der Waals surface area contributed by atoms with Crippen LogP contribution in [0.1, 0.15) is 34.3 Å². The minimum atomic E-state index is -0.439. The zero-order valence-corrected chi connectivity index (χ0v) is 16.5. The van der Waals surface area contributed by atoms with Crippen LogP contribution in [0.15, 0.2) is 102 Å². The van der Waals surface area contributed by atoms with Crippen molar-refractivity contribution in [3.8, 4) is 0 Å². The summed E-state index contributed by atoms with van der Waals surface area (Å²) >= 11 is 0. The number of nitrogens with one attached hydrogen (secondary N) is 2. The molecule has 0 saturated carbocycles. The molecule has 0 bridgehead atoms. The molecule has 0 fully saturated rings. The summed E-state index contributed by atoms with van der Waals surface area (Å²) in [7, 11) is 0. The molecular weight excluding hydrogens is 372 g/mol. The first-order valence-electron chi connectivity index (χ1n) is 9.92. The van der Waals surface area contributed by atoms with Crippen LogP contribution in [0.5, 0.6) is 0 Å². The highest BCUT2D eigenvalue weighted by Gasteiger charge is 2.42. The topological polar surface area (TPSA) is 58.2 Å². The molecule has 1 amide bonds. The molecule has 3 aromatic rings. The van der Waals surface area contributed by atoms with Crippen LogP contribution in [-0.2, 0) is 4.79 Å². The van der Waals surface area contributed by atoms with Crippen molar-refractivity contribution in [1.29, 1.82) is 0 Å². The molecule has 3 aromatic carbocycles. The van der Waals surface area contributed by atoms with E-state index in [4.69, 9.17) is 0 Å². The lowest BCUT2D eigenvalue weighted by Gasteiger charge is -2.29. The third kappa shape index (κ3) is 2.85. The molecule has 146 valence electrons. The van der Waals surface area contributed by atoms with Crippen molar-refractivity contribution in [1.82, 2.24) is 5.32 Å². The first kappa shape index (κ1) is 18.1. The normalized spacial score (nSPS) is 17.4. The number of carbonyl (C=O) groups is 2. The fourth-order valence-corrected chi connectivity index (χ4v) is 4.33. The standard InChI is InChI=1S/C26H20N2O2/c1-16-21(26(30)28-18-12-6-3-7-13-18)22(17-10-4-2-5-11-17)23-24(27-16)19-14-8-9-15-20(19)25(23)29/h2-15,22,27H,1H3,(H,28,30). The van der Waals surface area contributed by atoms with E-state index in [0.717, 1.165) is 28.2 Å². The van der Waals surface area contributed by atoms with Crippen LogP contribution in [0.3, 0.4) is 0 Å². The molecule has 1 aliphatic carbocycles. The average Bonchev–Trinajstić information content (AvgIpc) is 3.06. The Balaban J connectivity index is 1.64. The van der Waals surface area contributed by atoms with Gasteiger partial charge in [-0.2, -0.15) is 0 Å². The highest BCUT2D eigenvalue weighted by Crippen LogP contribution is 2.46. The second kappa shape index (κ2) is 7.16. The maximum atomic E-state index is 13.4. The van der Waals surface area contributed by atoms with Gasteiger partial charge >= 0.3 is 0 Å². The predicted octanol–water partition coefficient (Wildman–Crippen LogP) is 4.89. The Morgan fingerprint density at radius 1 is 0.833 bits per heavy atom. The maximum absolute atomic E-state index is 13.4. The second-order valence-electron chi connectivity index (χ2n) is 7.49. The number of Topliss-reactive ketones (excluding diaryl/α,β-unsaturated/α-hetero) is 1. The number of benzene rings is 3. The summed E-state index contributed by atoms with van der Waals surface area (Å²) in [5.74, 6) is -0.680. The van der Waals surface area contributed by atoms with E-state index in [1.807, 2.05) is 91.9 Å². The van der Waals surface area contributed by atoms with Gasteiger partial charge < -0.3 is 10.6 Å². The predicted molar refractivity (Wildman–Crippen MR) is 118 cm³/mol. The first-order valence-corrected chi connectivity index (χ1v) is 9.92. The first-order chi connectivity index (χ1) is 14.6. The lowest BCUT2D eigenvalue weighted by atomic mass is 9.79. The van der Waals surface area contributed by atoms with Crippen molar-refractivity contribution in [3.63, 3.8) is 0 Å². The molecule has 1 atom stereocenters. The van der Waals surface area contributed by atoms with Crippen molar-refractivity contribution in [2.45, 2.75) is 12.8 Å². The smallest absolute Gasteiger partial charge is 0.254 e. The fourth-order valence-electron chi connectivity index (χ4n) is 4.33. The third-order valence-corrected chi connectivity index (χ3v) is 5.66. The van der Waals surface area contributed by atoms with Gasteiger partial charge in [0.15, 0.2) is 5.78 Å². The van der Waals surface area contributed by atoms with E-state index in [9.17, 15) is 9.59 Å². The monoisotopic (exact) mass is 392 g/mol. The van der Waals surface area contributed by atoms with Gasteiger partial charge in [-0.05, 0) is 24.6 Å². The molecule has 30 heavy (non-hydrogen) atoms. The fraction of sp³-hybridized carbons (Fsp3) is 0.0769. The molecule has 4 heteroatoms. The van der Waals surface area contributed by atoms with Gasteiger partial charge in [0, 0.05) is 39.6 Å². The van der Waals surface area contributed by atoms with E-state index in [2.05, 4.69) is 10.6 Å². The van der Waals surface area contributed by atoms with Gasteiger partial charge in [-0.3, -0.25) is 9.59 Å². The van der Waals surface area contributed by atoms with Gasteiger partial charge in [0.2, 0.25) is 0 Å². The summed E-state index contributed by atoms with van der Waals surface area (Å²) in [4.78, 5) is 26.8. The molecule has 2 aliphatic rings. The van der Waals surface area contributed by atoms with E-state index in [1.165, 1.54) is 0 Å². The second-order valence-corrected chi connectivity index (χ2v) is 7.49. The number of amides is 1. The van der Waals surface area contributed by atoms with Crippen LogP contribution in [0.2, 0.25) is 0 Å². The van der Waals surface area contributed by atoms with E-state index in [0.29, 0.717) is 16.7 Å². The third-order valence-electron chi connectivity index (χ3n) is 5.66. The Kier molecular flexibility index (Phi) is 4.32. The lowest BCUT2D eigenvalue weighted by Crippen LogP contribution is -2.31. The molecule has 5 rings (SSSR count). The molecule has 0 aromatic heterocycles. The molecule has 0 spiro atoms. The molecular formula is C26H20N2O2. The van der Waals surface area contributed by atoms with E-state index < -0.39 is 5.92 Å². The van der Waals surface area contributed by atoms with Gasteiger partial charge in [0.05, 0.1) is 5.70 Å². The van der Waals surface area contributed by atoms with Crippen molar-refractivity contribution in [2.24, 2.45) is 0 Å². The molecule has 2 N–H and O–H groups in total. The van der Waals surface area contributed by atoms with Gasteiger partial charge in [0.25, 0.3) is 5.91 Å². The van der Waals surface area contributed by atoms with E-state index >= 15 is 0 Å². The zero-order chi connectivity index (χ0) is 20.7. The summed E-state index contributed by atoms with van der Waals surface area (Å²) < 4.78 is 0. The summed E-state index contributed by atoms with van der Waals surface area (Å²) in [6.45, 7) is 1.89. The number of hydrogen-bond acceptors (Lipinski definition) is 3. The number of dihydropyridines is 1. The minimum absolute atomic E-state index is 0.0283. The summed E-state index contributed by atoms with van der Waals surface area (Å²) in [6, 6.07) is 26.7. The van der Waals surface area contributed by atoms with Crippen LogP contribution in [0, 0.1) is 0 Å². The van der Waals surface area contributed by atoms with Crippen molar-refractivity contribution in [2.75, 3.05) is 5.32 Å². The van der Waals surface area contributed by atoms with Gasteiger partial charge in [-0.25, -0.2) is 0 Å². The Morgan fingerprint density at radius 3 is 2.13 bits per heavy atom. The number of carbonyl (C=O) groups excluding carboxylic acids is 2. The molecule has 0 saturated heterocycles. The summed E-state index contributed by atoms with van der Waals surface area (Å²) in [6.07, 6.45) is 0. The van der Waals surface area contributed by atoms with Gasteiger partial charge in [0.1, 0.15) is 0 Å². The molecule has 1 aliphatic heterocycles. The highest BCUT2D eigenvalue weighted by molar-refractivity contribution is 6.23. The number of fused-ring (bicyclic) bond motifs is 2. The number of allylic oxidation sites excluding steroid dienone is 2. The average molecular weight is 392 g/mol. The van der Waals surface area contributed by atoms with E-state index in [1.54, 1.807) is 0 Å². The molecule has 0 radical (unpaired) electrons. The van der Waals surface area contributed by atoms with Crippen LogP contribution in [-0.4, -0.2) is 11.7 Å². The van der Waals surface area contributed by atoms with Crippen LogP contribution >= 0.6 is 0 Å². The highest BCUT2D eigenvalue weighted by atomic mass is 16.2. The number of hydrogen-bond donors (Lipinski definition) is 2. The molecule has 4 nitrogen and oxygen atoms in total. The van der Waals surface area contributed by atoms with E-state index in [-0.39, 0.29) is 11.7 Å². The Hall–Kier alpha value is -3.92. The number of anilines is 1. The number of rotatable bonds is 3. The van der Waals surface area contributed by atoms with Crippen molar-refractivity contribution >= 4 is 23.1 Å². The maximum Gasteiger partial charge on any atom is 0.254 e. The van der Waals surface area contributed by atoms with Crippen LogP contribution in [0.4, 0.5) is 5.69 Å². The SMILES string of the molecule is CC1=C(C(=O)Nc2ccccc2)C(c2ccccc2)C2=C(N1)c1ccccc1C2=O. The minimum Gasteiger partial charge on any atom is -0.358 e. The summed E-state index contributed by atoms with van der Waals surface area (Å²) in [5.41, 5.74) is 5.95. The van der Waals surface area contributed by atoms with Gasteiger partial charge in [-0.1, -0.05) is 72.8 Å². The van der Waals surface area contributed by atoms with Crippen LogP contribution < -0.4 is 10.6 Å². The Labute approximate surface area is 174 Å². The largest absolute Gasteiger partial charge is 0.358 e. The Bertz CT molecular complexity index is 1220. The zero-order valence-electron chi connectivity index (χ0n) is 16.5. The number of ketones is 1. The Morgan fingerprint density at radius 2 is 1.43 bits per heavy atom. The van der Waals surface area contributed by atoms with Crippen molar-refractivity contribution < 1.29 is 9.59 Å². The number of para-hydroxylation sites is 1. The van der Waals surface area contributed by atoms with Gasteiger partial charge in [-0.15, -0.1) is 0 Å². The molecule has 1 heterocycles. The molecule has 1 unspecified atom stereocenters. The van der Waals surface area contributed by atoms with Crippen molar-refractivity contribution in [3.05, 3.63) is 118 Å².